The Morgan fingerprint density at radius 3 is 2.19 bits per heavy atom. The Hall–Kier alpha value is -1.71. The van der Waals surface area contributed by atoms with E-state index < -0.39 is 17.6 Å². The summed E-state index contributed by atoms with van der Waals surface area (Å²) in [4.78, 5) is 10.2. The van der Waals surface area contributed by atoms with E-state index in [0.29, 0.717) is 0 Å². The molecule has 0 atom stereocenters. The van der Waals surface area contributed by atoms with E-state index in [9.17, 15) is 13.6 Å². The number of hydrogen-bond donors (Lipinski definition) is 1. The van der Waals surface area contributed by atoms with E-state index in [1.165, 1.54) is 0 Å². The van der Waals surface area contributed by atoms with Gasteiger partial charge in [-0.1, -0.05) is 13.8 Å². The van der Waals surface area contributed by atoms with E-state index in [-0.39, 0.29) is 17.0 Å². The monoisotopic (exact) mass is 226 g/mol. The van der Waals surface area contributed by atoms with Crippen molar-refractivity contribution in [2.45, 2.75) is 19.8 Å². The highest BCUT2D eigenvalue weighted by Gasteiger charge is 2.13. The molecule has 16 heavy (non-hydrogen) atoms. The second kappa shape index (κ2) is 4.88. The minimum atomic E-state index is -1.16. The van der Waals surface area contributed by atoms with Gasteiger partial charge in [-0.3, -0.25) is 0 Å². The van der Waals surface area contributed by atoms with Crippen LogP contribution in [0.3, 0.4) is 0 Å². The maximum Gasteiger partial charge on any atom is 0.328 e. The Morgan fingerprint density at radius 2 is 1.81 bits per heavy atom. The lowest BCUT2D eigenvalue weighted by Crippen LogP contribution is -1.99. The van der Waals surface area contributed by atoms with Gasteiger partial charge in [-0.15, -0.1) is 0 Å². The summed E-state index contributed by atoms with van der Waals surface area (Å²) < 4.78 is 26.9. The van der Waals surface area contributed by atoms with Crippen LogP contribution in [0.4, 0.5) is 8.78 Å². The predicted molar refractivity (Wildman–Crippen MR) is 57.1 cm³/mol. The third-order valence-corrected chi connectivity index (χ3v) is 2.10. The molecule has 0 spiro atoms. The van der Waals surface area contributed by atoms with Crippen LogP contribution in [0.25, 0.3) is 6.08 Å². The van der Waals surface area contributed by atoms with Crippen molar-refractivity contribution < 1.29 is 18.7 Å². The quantitative estimate of drug-likeness (QED) is 0.803. The molecule has 1 rings (SSSR count). The van der Waals surface area contributed by atoms with Gasteiger partial charge in [0.25, 0.3) is 0 Å². The molecule has 0 radical (unpaired) electrons. The molecule has 0 unspecified atom stereocenters. The van der Waals surface area contributed by atoms with E-state index in [4.69, 9.17) is 5.11 Å². The van der Waals surface area contributed by atoms with Gasteiger partial charge < -0.3 is 5.11 Å². The first-order valence-corrected chi connectivity index (χ1v) is 4.81. The van der Waals surface area contributed by atoms with Crippen LogP contribution in [0.1, 0.15) is 30.9 Å². The lowest BCUT2D eigenvalue weighted by molar-refractivity contribution is -0.131. The fraction of sp³-hybridized carbons (Fsp3) is 0.250. The number of hydrogen-bond acceptors (Lipinski definition) is 1. The molecule has 0 fully saturated rings. The van der Waals surface area contributed by atoms with Crippen LogP contribution in [0.15, 0.2) is 18.2 Å². The first kappa shape index (κ1) is 12.4. The Bertz CT molecular complexity index is 414. The molecule has 1 N–H and O–H groups in total. The number of benzene rings is 1. The fourth-order valence-corrected chi connectivity index (χ4v) is 1.42. The summed E-state index contributed by atoms with van der Waals surface area (Å²) in [7, 11) is 0. The molecule has 0 aliphatic rings. The minimum absolute atomic E-state index is 0.0208. The van der Waals surface area contributed by atoms with Crippen LogP contribution in [0.2, 0.25) is 0 Å². The topological polar surface area (TPSA) is 37.3 Å². The summed E-state index contributed by atoms with van der Waals surface area (Å²) in [6.07, 6.45) is 1.99. The van der Waals surface area contributed by atoms with Gasteiger partial charge in [-0.25, -0.2) is 13.6 Å². The molecule has 0 amide bonds. The molecule has 0 aliphatic heterocycles. The first-order valence-electron chi connectivity index (χ1n) is 4.81. The zero-order valence-electron chi connectivity index (χ0n) is 9.00. The SMILES string of the molecule is CC(C)c1c(F)cc(/C=C/C(=O)O)cc1F. The largest absolute Gasteiger partial charge is 0.478 e. The summed E-state index contributed by atoms with van der Waals surface area (Å²) >= 11 is 0. The number of halogens is 2. The van der Waals surface area contributed by atoms with Gasteiger partial charge >= 0.3 is 5.97 Å². The lowest BCUT2D eigenvalue weighted by atomic mass is 10.00. The summed E-state index contributed by atoms with van der Waals surface area (Å²) in [6.45, 7) is 3.38. The Morgan fingerprint density at radius 1 is 1.31 bits per heavy atom. The van der Waals surface area contributed by atoms with Gasteiger partial charge in [0.15, 0.2) is 0 Å². The van der Waals surface area contributed by atoms with E-state index in [2.05, 4.69) is 0 Å². The van der Waals surface area contributed by atoms with E-state index in [0.717, 1.165) is 24.3 Å². The van der Waals surface area contributed by atoms with Gasteiger partial charge in [0.05, 0.1) is 0 Å². The molecule has 0 bridgehead atoms. The van der Waals surface area contributed by atoms with Crippen LogP contribution in [-0.2, 0) is 4.79 Å². The summed E-state index contributed by atoms with van der Waals surface area (Å²) in [6, 6.07) is 2.25. The number of carboxylic acid groups (broad SMARTS) is 1. The molecule has 0 aliphatic carbocycles. The van der Waals surface area contributed by atoms with Crippen molar-refractivity contribution in [1.82, 2.24) is 0 Å². The second-order valence-electron chi connectivity index (χ2n) is 3.72. The normalized spacial score (nSPS) is 11.3. The molecule has 0 heterocycles. The zero-order chi connectivity index (χ0) is 12.3. The Kier molecular flexibility index (Phi) is 3.77. The number of carbonyl (C=O) groups is 1. The number of rotatable bonds is 3. The first-order chi connectivity index (χ1) is 7.41. The maximum absolute atomic E-state index is 13.5. The van der Waals surface area contributed by atoms with Crippen molar-refractivity contribution >= 4 is 12.0 Å². The highest BCUT2D eigenvalue weighted by molar-refractivity contribution is 5.85. The molecular formula is C12H12F2O2. The highest BCUT2D eigenvalue weighted by Crippen LogP contribution is 2.23. The molecule has 0 saturated carbocycles. The minimum Gasteiger partial charge on any atom is -0.478 e. The Balaban J connectivity index is 3.14. The molecule has 1 aromatic carbocycles. The zero-order valence-corrected chi connectivity index (χ0v) is 9.00. The van der Waals surface area contributed by atoms with E-state index in [1.807, 2.05) is 0 Å². The molecule has 0 aromatic heterocycles. The molecule has 86 valence electrons. The molecular weight excluding hydrogens is 214 g/mol. The maximum atomic E-state index is 13.5. The van der Waals surface area contributed by atoms with Gasteiger partial charge in [0, 0.05) is 11.6 Å². The lowest BCUT2D eigenvalue weighted by Gasteiger charge is -2.09. The van der Waals surface area contributed by atoms with Crippen molar-refractivity contribution in [3.05, 3.63) is 41.0 Å². The average Bonchev–Trinajstić information content (AvgIpc) is 2.12. The van der Waals surface area contributed by atoms with Crippen molar-refractivity contribution in [3.63, 3.8) is 0 Å². The van der Waals surface area contributed by atoms with Crippen LogP contribution in [0, 0.1) is 11.6 Å². The van der Waals surface area contributed by atoms with E-state index >= 15 is 0 Å². The second-order valence-corrected chi connectivity index (χ2v) is 3.72. The average molecular weight is 226 g/mol. The Labute approximate surface area is 92.2 Å². The molecule has 4 heteroatoms. The summed E-state index contributed by atoms with van der Waals surface area (Å²) in [5.41, 5.74) is 0.217. The number of carboxylic acids is 1. The van der Waals surface area contributed by atoms with Crippen molar-refractivity contribution in [1.29, 1.82) is 0 Å². The van der Waals surface area contributed by atoms with Crippen LogP contribution in [-0.4, -0.2) is 11.1 Å². The molecule has 2 nitrogen and oxygen atoms in total. The standard InChI is InChI=1S/C12H12F2O2/c1-7(2)12-9(13)5-8(6-10(12)14)3-4-11(15)16/h3-7H,1-2H3,(H,15,16)/b4-3+. The van der Waals surface area contributed by atoms with Gasteiger partial charge in [-0.05, 0) is 29.7 Å². The summed E-state index contributed by atoms with van der Waals surface area (Å²) in [5, 5.41) is 8.38. The van der Waals surface area contributed by atoms with E-state index in [1.54, 1.807) is 13.8 Å². The third kappa shape index (κ3) is 2.89. The van der Waals surface area contributed by atoms with Gasteiger partial charge in [0.1, 0.15) is 11.6 Å². The van der Waals surface area contributed by atoms with Crippen LogP contribution in [0.5, 0.6) is 0 Å². The number of aliphatic carboxylic acids is 1. The molecule has 0 saturated heterocycles. The van der Waals surface area contributed by atoms with Gasteiger partial charge in [0.2, 0.25) is 0 Å². The van der Waals surface area contributed by atoms with Gasteiger partial charge in [-0.2, -0.15) is 0 Å². The van der Waals surface area contributed by atoms with Crippen molar-refractivity contribution in [3.8, 4) is 0 Å². The highest BCUT2D eigenvalue weighted by atomic mass is 19.1. The smallest absolute Gasteiger partial charge is 0.328 e. The van der Waals surface area contributed by atoms with Crippen LogP contribution < -0.4 is 0 Å². The summed E-state index contributed by atoms with van der Waals surface area (Å²) in [5.74, 6) is -2.72. The molecule has 1 aromatic rings. The third-order valence-electron chi connectivity index (χ3n) is 2.10. The fourth-order valence-electron chi connectivity index (χ4n) is 1.42. The van der Waals surface area contributed by atoms with Crippen molar-refractivity contribution in [2.24, 2.45) is 0 Å². The van der Waals surface area contributed by atoms with Crippen LogP contribution >= 0.6 is 0 Å². The van der Waals surface area contributed by atoms with Crippen molar-refractivity contribution in [2.75, 3.05) is 0 Å². The predicted octanol–water partition coefficient (Wildman–Crippen LogP) is 3.19.